The Balaban J connectivity index is 2.04. The van der Waals surface area contributed by atoms with Gasteiger partial charge in [-0.25, -0.2) is 0 Å². The summed E-state index contributed by atoms with van der Waals surface area (Å²) in [6.45, 7) is 4.04. The summed E-state index contributed by atoms with van der Waals surface area (Å²) in [5, 5.41) is 3.69. The van der Waals surface area contributed by atoms with Gasteiger partial charge in [0, 0.05) is 16.1 Å². The monoisotopic (exact) mass is 287 g/mol. The van der Waals surface area contributed by atoms with Crippen molar-refractivity contribution in [1.82, 2.24) is 5.32 Å². The van der Waals surface area contributed by atoms with Crippen molar-refractivity contribution in [3.8, 4) is 0 Å². The zero-order chi connectivity index (χ0) is 14.6. The van der Waals surface area contributed by atoms with Crippen molar-refractivity contribution in [2.75, 3.05) is 0 Å². The number of rotatable bonds is 4. The van der Waals surface area contributed by atoms with Crippen LogP contribution in [0.5, 0.6) is 0 Å². The molecule has 2 rings (SSSR count). The number of hydrogen-bond donors (Lipinski definition) is 1. The van der Waals surface area contributed by atoms with Crippen molar-refractivity contribution in [2.45, 2.75) is 25.8 Å². The summed E-state index contributed by atoms with van der Waals surface area (Å²) in [5.74, 6) is -0.0809. The molecule has 0 saturated heterocycles. The molecule has 2 aromatic carbocycles. The highest BCUT2D eigenvalue weighted by molar-refractivity contribution is 6.30. The van der Waals surface area contributed by atoms with E-state index in [1.54, 1.807) is 24.3 Å². The third-order valence-electron chi connectivity index (χ3n) is 3.05. The van der Waals surface area contributed by atoms with Crippen LogP contribution in [0.4, 0.5) is 0 Å². The Bertz CT molecular complexity index is 576. The van der Waals surface area contributed by atoms with Crippen LogP contribution in [-0.2, 0) is 6.42 Å². The lowest BCUT2D eigenvalue weighted by molar-refractivity contribution is 0.0913. The van der Waals surface area contributed by atoms with Crippen molar-refractivity contribution < 1.29 is 4.79 Å². The SMILES string of the molecule is CC(C)(Cc1ccccc1)NC(=O)c1ccc(Cl)cc1. The highest BCUT2D eigenvalue weighted by Gasteiger charge is 2.21. The summed E-state index contributed by atoms with van der Waals surface area (Å²) in [6, 6.07) is 17.0. The highest BCUT2D eigenvalue weighted by atomic mass is 35.5. The van der Waals surface area contributed by atoms with E-state index in [1.165, 1.54) is 5.56 Å². The molecule has 0 aromatic heterocycles. The third kappa shape index (κ3) is 4.10. The molecular weight excluding hydrogens is 270 g/mol. The summed E-state index contributed by atoms with van der Waals surface area (Å²) in [7, 11) is 0. The topological polar surface area (TPSA) is 29.1 Å². The number of carbonyl (C=O) groups excluding carboxylic acids is 1. The number of benzene rings is 2. The van der Waals surface area contributed by atoms with E-state index in [4.69, 9.17) is 11.6 Å². The minimum atomic E-state index is -0.307. The van der Waals surface area contributed by atoms with Crippen LogP contribution in [0.1, 0.15) is 29.8 Å². The van der Waals surface area contributed by atoms with Crippen molar-refractivity contribution in [3.05, 3.63) is 70.7 Å². The molecule has 3 heteroatoms. The molecule has 0 aliphatic carbocycles. The van der Waals surface area contributed by atoms with E-state index in [-0.39, 0.29) is 11.4 Å². The molecular formula is C17H18ClNO. The van der Waals surface area contributed by atoms with Crippen LogP contribution in [0.25, 0.3) is 0 Å². The average molecular weight is 288 g/mol. The predicted octanol–water partition coefficient (Wildman–Crippen LogP) is 4.09. The van der Waals surface area contributed by atoms with Crippen LogP contribution >= 0.6 is 11.6 Å². The van der Waals surface area contributed by atoms with E-state index < -0.39 is 0 Å². The minimum Gasteiger partial charge on any atom is -0.347 e. The standard InChI is InChI=1S/C17H18ClNO/c1-17(2,12-13-6-4-3-5-7-13)19-16(20)14-8-10-15(18)11-9-14/h3-11H,12H2,1-2H3,(H,19,20). The molecule has 0 saturated carbocycles. The number of hydrogen-bond acceptors (Lipinski definition) is 1. The van der Waals surface area contributed by atoms with Crippen LogP contribution in [0.3, 0.4) is 0 Å². The van der Waals surface area contributed by atoms with Gasteiger partial charge in [0.1, 0.15) is 0 Å². The van der Waals surface area contributed by atoms with Crippen LogP contribution < -0.4 is 5.32 Å². The second-order valence-electron chi connectivity index (χ2n) is 5.51. The maximum Gasteiger partial charge on any atom is 0.251 e. The van der Waals surface area contributed by atoms with E-state index in [2.05, 4.69) is 17.4 Å². The van der Waals surface area contributed by atoms with Gasteiger partial charge in [0.15, 0.2) is 0 Å². The van der Waals surface area contributed by atoms with Gasteiger partial charge in [0.05, 0.1) is 0 Å². The van der Waals surface area contributed by atoms with Crippen LogP contribution in [0, 0.1) is 0 Å². The second kappa shape index (κ2) is 6.10. The fraction of sp³-hybridized carbons (Fsp3) is 0.235. The normalized spacial score (nSPS) is 11.2. The number of amides is 1. The van der Waals surface area contributed by atoms with Crippen molar-refractivity contribution in [3.63, 3.8) is 0 Å². The number of nitrogens with one attached hydrogen (secondary N) is 1. The molecule has 0 atom stereocenters. The molecule has 20 heavy (non-hydrogen) atoms. The number of halogens is 1. The number of carbonyl (C=O) groups is 1. The summed E-state index contributed by atoms with van der Waals surface area (Å²) < 4.78 is 0. The van der Waals surface area contributed by atoms with E-state index in [0.717, 1.165) is 6.42 Å². The first-order valence-electron chi connectivity index (χ1n) is 6.58. The lowest BCUT2D eigenvalue weighted by atomic mass is 9.94. The molecule has 0 unspecified atom stereocenters. The fourth-order valence-electron chi connectivity index (χ4n) is 2.13. The van der Waals surface area contributed by atoms with Gasteiger partial charge >= 0.3 is 0 Å². The Morgan fingerprint density at radius 2 is 1.65 bits per heavy atom. The van der Waals surface area contributed by atoms with Gasteiger partial charge in [-0.2, -0.15) is 0 Å². The van der Waals surface area contributed by atoms with Crippen molar-refractivity contribution in [2.24, 2.45) is 0 Å². The zero-order valence-corrected chi connectivity index (χ0v) is 12.4. The quantitative estimate of drug-likeness (QED) is 0.901. The van der Waals surface area contributed by atoms with Gasteiger partial charge in [0.2, 0.25) is 0 Å². The molecule has 104 valence electrons. The first-order chi connectivity index (χ1) is 9.46. The summed E-state index contributed by atoms with van der Waals surface area (Å²) in [5.41, 5.74) is 1.52. The smallest absolute Gasteiger partial charge is 0.251 e. The van der Waals surface area contributed by atoms with E-state index in [1.807, 2.05) is 32.0 Å². The predicted molar refractivity (Wildman–Crippen MR) is 83.1 cm³/mol. The maximum atomic E-state index is 12.2. The Labute approximate surface area is 124 Å². The van der Waals surface area contributed by atoms with E-state index in [0.29, 0.717) is 10.6 Å². The second-order valence-corrected chi connectivity index (χ2v) is 5.94. The molecule has 1 N–H and O–H groups in total. The molecule has 0 aliphatic heterocycles. The zero-order valence-electron chi connectivity index (χ0n) is 11.7. The third-order valence-corrected chi connectivity index (χ3v) is 3.30. The Kier molecular flexibility index (Phi) is 4.46. The fourth-order valence-corrected chi connectivity index (χ4v) is 2.26. The molecule has 0 bridgehead atoms. The van der Waals surface area contributed by atoms with Crippen molar-refractivity contribution >= 4 is 17.5 Å². The van der Waals surface area contributed by atoms with Gasteiger partial charge in [-0.1, -0.05) is 41.9 Å². The molecule has 0 heterocycles. The Morgan fingerprint density at radius 3 is 2.25 bits per heavy atom. The molecule has 2 aromatic rings. The van der Waals surface area contributed by atoms with Gasteiger partial charge in [0.25, 0.3) is 5.91 Å². The summed E-state index contributed by atoms with van der Waals surface area (Å²) in [4.78, 5) is 12.2. The molecule has 0 radical (unpaired) electrons. The van der Waals surface area contributed by atoms with Gasteiger partial charge in [-0.05, 0) is 50.1 Å². The van der Waals surface area contributed by atoms with Gasteiger partial charge in [-0.3, -0.25) is 4.79 Å². The summed E-state index contributed by atoms with van der Waals surface area (Å²) >= 11 is 5.83. The molecule has 2 nitrogen and oxygen atoms in total. The minimum absolute atomic E-state index is 0.0809. The highest BCUT2D eigenvalue weighted by Crippen LogP contribution is 2.15. The van der Waals surface area contributed by atoms with Gasteiger partial charge in [-0.15, -0.1) is 0 Å². The van der Waals surface area contributed by atoms with Crippen LogP contribution in [-0.4, -0.2) is 11.4 Å². The van der Waals surface area contributed by atoms with E-state index >= 15 is 0 Å². The molecule has 0 fully saturated rings. The first kappa shape index (κ1) is 14.6. The van der Waals surface area contributed by atoms with Crippen molar-refractivity contribution in [1.29, 1.82) is 0 Å². The average Bonchev–Trinajstić information content (AvgIpc) is 2.39. The lowest BCUT2D eigenvalue weighted by Crippen LogP contribution is -2.45. The molecule has 1 amide bonds. The Hall–Kier alpha value is -1.80. The summed E-state index contributed by atoms with van der Waals surface area (Å²) in [6.07, 6.45) is 0.785. The van der Waals surface area contributed by atoms with E-state index in [9.17, 15) is 4.79 Å². The van der Waals surface area contributed by atoms with Gasteiger partial charge < -0.3 is 5.32 Å². The maximum absolute atomic E-state index is 12.2. The Morgan fingerprint density at radius 1 is 1.05 bits per heavy atom. The lowest BCUT2D eigenvalue weighted by Gasteiger charge is -2.26. The first-order valence-corrected chi connectivity index (χ1v) is 6.96. The molecule has 0 spiro atoms. The van der Waals surface area contributed by atoms with Crippen LogP contribution in [0.15, 0.2) is 54.6 Å². The largest absolute Gasteiger partial charge is 0.347 e. The van der Waals surface area contributed by atoms with Crippen LogP contribution in [0.2, 0.25) is 5.02 Å². The molecule has 0 aliphatic rings.